The molecule has 3 fully saturated rings. The summed E-state index contributed by atoms with van der Waals surface area (Å²) in [6, 6.07) is 1.55. The highest BCUT2D eigenvalue weighted by atomic mass is 32.2. The number of fused-ring (bicyclic) bond motifs is 3. The topological polar surface area (TPSA) is 89.9 Å². The maximum atomic E-state index is 13.7. The molecule has 3 atom stereocenters. The molecule has 0 saturated carbocycles. The second-order valence-electron chi connectivity index (χ2n) is 10.3. The molecule has 0 radical (unpaired) electrons. The molecule has 2 bridgehead atoms. The standard InChI is InChI=1S/C24H27F6N5O4S/c1-31-5-6-40-10-13-7-16(20(36)35-11-22(37,12-35)23(25,26)27)19(39-24(28,29)30)17-18(13)38-21(33(17)2)34-8-14-3-4-15(9-34)32-14/h5-7,14-15,21,32,37H,1,3-4,8-12H2,2H3/b6-5-. The minimum Gasteiger partial charge on any atom is -0.454 e. The number of nitrogens with one attached hydrogen (secondary N) is 1. The molecular weight excluding hydrogens is 568 g/mol. The minimum absolute atomic E-state index is 0.0806. The Morgan fingerprint density at radius 2 is 1.93 bits per heavy atom. The molecule has 1 amide bonds. The zero-order valence-corrected chi connectivity index (χ0v) is 22.1. The van der Waals surface area contributed by atoms with Gasteiger partial charge in [0.2, 0.25) is 6.35 Å². The molecule has 3 saturated heterocycles. The SMILES string of the molecule is C=N/C=C\SCc1cc(C(=O)N2CC(O)(C(F)(F)F)C2)c(OC(F)(F)F)c2c1OC(N1CC3CCC(C1)N3)N2C. The fraction of sp³-hybridized carbons (Fsp3) is 0.583. The number of halogens is 6. The largest absolute Gasteiger partial charge is 0.573 e. The molecule has 0 spiro atoms. The van der Waals surface area contributed by atoms with Crippen molar-refractivity contribution in [2.45, 2.75) is 55.2 Å². The Labute approximate surface area is 229 Å². The smallest absolute Gasteiger partial charge is 0.454 e. The molecule has 5 rings (SSSR count). The molecule has 9 nitrogen and oxygen atoms in total. The van der Waals surface area contributed by atoms with Crippen LogP contribution in [0.3, 0.4) is 0 Å². The summed E-state index contributed by atoms with van der Waals surface area (Å²) in [5.74, 6) is -1.78. The highest BCUT2D eigenvalue weighted by Crippen LogP contribution is 2.52. The Hall–Kier alpha value is -2.69. The molecule has 16 heteroatoms. The van der Waals surface area contributed by atoms with Crippen LogP contribution in [0, 0.1) is 0 Å². The van der Waals surface area contributed by atoms with Crippen molar-refractivity contribution in [2.24, 2.45) is 4.99 Å². The van der Waals surface area contributed by atoms with E-state index in [1.807, 2.05) is 4.90 Å². The van der Waals surface area contributed by atoms with E-state index in [0.29, 0.717) is 23.6 Å². The van der Waals surface area contributed by atoms with Crippen molar-refractivity contribution in [3.63, 3.8) is 0 Å². The van der Waals surface area contributed by atoms with Crippen LogP contribution in [0.5, 0.6) is 11.5 Å². The molecule has 0 aromatic heterocycles. The normalized spacial score (nSPS) is 26.1. The van der Waals surface area contributed by atoms with Gasteiger partial charge in [-0.3, -0.25) is 9.79 Å². The molecule has 40 heavy (non-hydrogen) atoms. The lowest BCUT2D eigenvalue weighted by molar-refractivity contribution is -0.294. The fourth-order valence-corrected chi connectivity index (χ4v) is 6.22. The summed E-state index contributed by atoms with van der Waals surface area (Å²) < 4.78 is 91.1. The Bertz CT molecular complexity index is 1190. The number of rotatable bonds is 7. The third kappa shape index (κ3) is 5.33. The van der Waals surface area contributed by atoms with Gasteiger partial charge < -0.3 is 29.7 Å². The van der Waals surface area contributed by atoms with Crippen LogP contribution in [0.4, 0.5) is 32.0 Å². The van der Waals surface area contributed by atoms with Gasteiger partial charge in [0.1, 0.15) is 5.69 Å². The lowest BCUT2D eigenvalue weighted by Crippen LogP contribution is -2.70. The van der Waals surface area contributed by atoms with Gasteiger partial charge in [-0.05, 0) is 31.0 Å². The van der Waals surface area contributed by atoms with E-state index in [9.17, 15) is 36.2 Å². The van der Waals surface area contributed by atoms with Gasteiger partial charge in [-0.1, -0.05) is 0 Å². The first-order valence-electron chi connectivity index (χ1n) is 12.4. The molecule has 2 N–H and O–H groups in total. The minimum atomic E-state index is -5.22. The van der Waals surface area contributed by atoms with Crippen LogP contribution < -0.4 is 19.7 Å². The predicted octanol–water partition coefficient (Wildman–Crippen LogP) is 3.29. The Morgan fingerprint density at radius 3 is 2.50 bits per heavy atom. The van der Waals surface area contributed by atoms with Crippen LogP contribution in [0.2, 0.25) is 0 Å². The Morgan fingerprint density at radius 1 is 1.27 bits per heavy atom. The zero-order chi connectivity index (χ0) is 29.0. The molecule has 0 aliphatic carbocycles. The molecule has 220 valence electrons. The quantitative estimate of drug-likeness (QED) is 0.367. The molecule has 4 heterocycles. The van der Waals surface area contributed by atoms with Crippen LogP contribution in [0.1, 0.15) is 28.8 Å². The third-order valence-electron chi connectivity index (χ3n) is 7.42. The van der Waals surface area contributed by atoms with Crippen molar-refractivity contribution >= 4 is 30.1 Å². The van der Waals surface area contributed by atoms with Crippen molar-refractivity contribution in [1.29, 1.82) is 0 Å². The summed E-state index contributed by atoms with van der Waals surface area (Å²) in [6.45, 7) is 2.27. The number of thioether (sulfide) groups is 1. The number of aliphatic hydroxyl groups is 1. The number of benzene rings is 1. The number of hydrogen-bond donors (Lipinski definition) is 2. The number of nitrogens with zero attached hydrogens (tertiary/aromatic N) is 4. The van der Waals surface area contributed by atoms with E-state index in [0.717, 1.165) is 18.9 Å². The average Bonchev–Trinajstić information content (AvgIpc) is 3.37. The number of piperazine rings is 1. The number of ether oxygens (including phenoxy) is 2. The van der Waals surface area contributed by atoms with Gasteiger partial charge in [0.15, 0.2) is 17.1 Å². The summed E-state index contributed by atoms with van der Waals surface area (Å²) in [5, 5.41) is 14.9. The zero-order valence-electron chi connectivity index (χ0n) is 21.3. The number of aliphatic imine (C=N–C) groups is 1. The Balaban J connectivity index is 1.54. The van der Waals surface area contributed by atoms with Gasteiger partial charge in [-0.25, -0.2) is 4.90 Å². The van der Waals surface area contributed by atoms with Gasteiger partial charge in [-0.2, -0.15) is 13.2 Å². The molecule has 1 aromatic carbocycles. The van der Waals surface area contributed by atoms with E-state index in [4.69, 9.17) is 4.74 Å². The van der Waals surface area contributed by atoms with Crippen LogP contribution in [0.25, 0.3) is 0 Å². The number of alkyl halides is 6. The van der Waals surface area contributed by atoms with Gasteiger partial charge in [0.05, 0.1) is 18.7 Å². The number of likely N-dealkylation sites (tertiary alicyclic amines) is 2. The predicted molar refractivity (Wildman–Crippen MR) is 134 cm³/mol. The third-order valence-corrected chi connectivity index (χ3v) is 8.21. The van der Waals surface area contributed by atoms with Gasteiger partial charge in [0, 0.05) is 49.7 Å². The van der Waals surface area contributed by atoms with Gasteiger partial charge in [-0.15, -0.1) is 24.9 Å². The van der Waals surface area contributed by atoms with E-state index < -0.39 is 54.8 Å². The number of β-amino-alcohol motifs (C(OH)–C–C–N with tert-alkyl or cyclic N) is 1. The second kappa shape index (κ2) is 10.3. The maximum Gasteiger partial charge on any atom is 0.573 e. The first-order valence-corrected chi connectivity index (χ1v) is 13.4. The summed E-state index contributed by atoms with van der Waals surface area (Å²) in [6.07, 6.45) is -7.71. The van der Waals surface area contributed by atoms with Crippen molar-refractivity contribution in [1.82, 2.24) is 15.1 Å². The molecule has 3 unspecified atom stereocenters. The number of amides is 1. The van der Waals surface area contributed by atoms with Crippen molar-refractivity contribution < 1.29 is 45.7 Å². The summed E-state index contributed by atoms with van der Waals surface area (Å²) in [7, 11) is 1.52. The molecular formula is C24H27F6N5O4S. The average molecular weight is 596 g/mol. The number of carbonyl (C=O) groups is 1. The van der Waals surface area contributed by atoms with Crippen molar-refractivity contribution in [3.05, 3.63) is 28.8 Å². The number of hydrogen-bond acceptors (Lipinski definition) is 9. The van der Waals surface area contributed by atoms with Crippen molar-refractivity contribution in [2.75, 3.05) is 38.1 Å². The van der Waals surface area contributed by atoms with Gasteiger partial charge >= 0.3 is 12.5 Å². The van der Waals surface area contributed by atoms with Crippen molar-refractivity contribution in [3.8, 4) is 11.5 Å². The lowest BCUT2D eigenvalue weighted by atomic mass is 9.92. The van der Waals surface area contributed by atoms with E-state index in [1.165, 1.54) is 29.9 Å². The van der Waals surface area contributed by atoms with E-state index in [1.54, 1.807) is 5.41 Å². The summed E-state index contributed by atoms with van der Waals surface area (Å²) in [5.41, 5.74) is -3.52. The van der Waals surface area contributed by atoms with E-state index in [2.05, 4.69) is 21.8 Å². The van der Waals surface area contributed by atoms with E-state index >= 15 is 0 Å². The lowest BCUT2D eigenvalue weighted by Gasteiger charge is -2.47. The highest BCUT2D eigenvalue weighted by molar-refractivity contribution is 8.01. The highest BCUT2D eigenvalue weighted by Gasteiger charge is 2.62. The van der Waals surface area contributed by atoms with Crippen LogP contribution >= 0.6 is 11.8 Å². The Kier molecular flexibility index (Phi) is 7.42. The number of anilines is 1. The monoisotopic (exact) mass is 595 g/mol. The molecule has 4 aliphatic rings. The maximum absolute atomic E-state index is 13.7. The van der Waals surface area contributed by atoms with Crippen LogP contribution in [0.15, 0.2) is 22.7 Å². The first kappa shape index (κ1) is 28.8. The van der Waals surface area contributed by atoms with Crippen LogP contribution in [-0.4, -0.2) is 97.3 Å². The number of carbonyl (C=O) groups excluding carboxylic acids is 1. The summed E-state index contributed by atoms with van der Waals surface area (Å²) >= 11 is 1.20. The van der Waals surface area contributed by atoms with E-state index in [-0.39, 0.29) is 29.3 Å². The summed E-state index contributed by atoms with van der Waals surface area (Å²) in [4.78, 5) is 21.0. The molecule has 1 aromatic rings. The second-order valence-corrected chi connectivity index (χ2v) is 11.1. The first-order chi connectivity index (χ1) is 18.7. The van der Waals surface area contributed by atoms with Gasteiger partial charge in [0.25, 0.3) is 5.91 Å². The fourth-order valence-electron chi connectivity index (χ4n) is 5.55. The van der Waals surface area contributed by atoms with Crippen LogP contribution in [-0.2, 0) is 5.75 Å². The molecule has 4 aliphatic heterocycles.